The first-order chi connectivity index (χ1) is 11.6. The Balaban J connectivity index is 0.00000169. The number of benzene rings is 2. The molecule has 1 unspecified atom stereocenters. The van der Waals surface area contributed by atoms with Crippen molar-refractivity contribution in [1.82, 2.24) is 5.32 Å². The van der Waals surface area contributed by atoms with Gasteiger partial charge in [0.1, 0.15) is 23.4 Å². The van der Waals surface area contributed by atoms with Crippen LogP contribution in [0.5, 0.6) is 5.75 Å². The van der Waals surface area contributed by atoms with Gasteiger partial charge in [0.25, 0.3) is 0 Å². The van der Waals surface area contributed by atoms with E-state index in [4.69, 9.17) is 10.5 Å². The van der Waals surface area contributed by atoms with Crippen molar-refractivity contribution in [3.05, 3.63) is 59.7 Å². The summed E-state index contributed by atoms with van der Waals surface area (Å²) in [5.41, 5.74) is 8.36. The molecular formula is C19H24Cl2FN3O. The van der Waals surface area contributed by atoms with Gasteiger partial charge in [-0.25, -0.2) is 9.38 Å². The van der Waals surface area contributed by atoms with Gasteiger partial charge in [-0.15, -0.1) is 24.8 Å². The molecule has 26 heavy (non-hydrogen) atoms. The first-order valence-electron chi connectivity index (χ1n) is 8.17. The molecule has 0 saturated carbocycles. The minimum absolute atomic E-state index is 0. The lowest BCUT2D eigenvalue weighted by atomic mass is 10.1. The Morgan fingerprint density at radius 3 is 2.65 bits per heavy atom. The molecule has 0 spiro atoms. The molecule has 0 aromatic heterocycles. The summed E-state index contributed by atoms with van der Waals surface area (Å²) in [7, 11) is 0. The molecule has 142 valence electrons. The number of aliphatic imine (C=N–C) groups is 1. The van der Waals surface area contributed by atoms with Gasteiger partial charge < -0.3 is 15.8 Å². The van der Waals surface area contributed by atoms with Crippen LogP contribution in [0.2, 0.25) is 0 Å². The minimum atomic E-state index is -0.943. The van der Waals surface area contributed by atoms with Crippen molar-refractivity contribution < 1.29 is 9.13 Å². The molecule has 2 aromatic carbocycles. The van der Waals surface area contributed by atoms with Gasteiger partial charge >= 0.3 is 0 Å². The molecular weight excluding hydrogens is 376 g/mol. The van der Waals surface area contributed by atoms with E-state index < -0.39 is 6.17 Å². The van der Waals surface area contributed by atoms with Gasteiger partial charge in [0.05, 0.1) is 0 Å². The standard InChI is InChI=1S/C19H22FN3O.2ClH/c1-13-19(21)23-17-11-14(7-8-18(17)24-13)12-22-10-9-16(20)15-5-3-2-4-6-15;;/h2-8,11,13,16,22H,9-10,12H2,1H3,(H2,21,23);2*1H/t13-,16?;;/m1../s1. The van der Waals surface area contributed by atoms with Crippen molar-refractivity contribution >= 4 is 36.3 Å². The third kappa shape index (κ3) is 5.59. The molecule has 1 heterocycles. The second kappa shape index (κ2) is 10.4. The molecule has 0 amide bonds. The Kier molecular flexibility index (Phi) is 8.85. The van der Waals surface area contributed by atoms with Crippen LogP contribution in [-0.4, -0.2) is 18.5 Å². The van der Waals surface area contributed by atoms with Crippen LogP contribution in [0.4, 0.5) is 10.1 Å². The topological polar surface area (TPSA) is 59.6 Å². The number of nitrogens with two attached hydrogens (primary N) is 1. The number of hydrogen-bond acceptors (Lipinski definition) is 4. The number of ether oxygens (including phenoxy) is 1. The highest BCUT2D eigenvalue weighted by molar-refractivity contribution is 5.89. The highest BCUT2D eigenvalue weighted by Gasteiger charge is 2.18. The van der Waals surface area contributed by atoms with Crippen LogP contribution < -0.4 is 15.8 Å². The predicted molar refractivity (Wildman–Crippen MR) is 109 cm³/mol. The molecule has 2 aromatic rings. The Morgan fingerprint density at radius 2 is 1.92 bits per heavy atom. The molecule has 7 heteroatoms. The third-order valence-corrected chi connectivity index (χ3v) is 4.06. The van der Waals surface area contributed by atoms with Crippen molar-refractivity contribution in [2.45, 2.75) is 32.2 Å². The summed E-state index contributed by atoms with van der Waals surface area (Å²) < 4.78 is 19.8. The maximum Gasteiger partial charge on any atom is 0.153 e. The molecule has 3 rings (SSSR count). The van der Waals surface area contributed by atoms with E-state index in [1.807, 2.05) is 55.5 Å². The number of amidine groups is 1. The van der Waals surface area contributed by atoms with Gasteiger partial charge in [0, 0.05) is 6.54 Å². The van der Waals surface area contributed by atoms with Crippen LogP contribution in [0.3, 0.4) is 0 Å². The van der Waals surface area contributed by atoms with Gasteiger partial charge in [-0.1, -0.05) is 36.4 Å². The number of alkyl halides is 1. The number of fused-ring (bicyclic) bond motifs is 1. The molecule has 2 atom stereocenters. The van der Waals surface area contributed by atoms with Crippen molar-refractivity contribution in [3.8, 4) is 5.75 Å². The maximum atomic E-state index is 14.1. The highest BCUT2D eigenvalue weighted by Crippen LogP contribution is 2.32. The van der Waals surface area contributed by atoms with Gasteiger partial charge in [-0.3, -0.25) is 0 Å². The van der Waals surface area contributed by atoms with E-state index in [1.54, 1.807) is 0 Å². The second-order valence-corrected chi connectivity index (χ2v) is 5.94. The molecule has 4 nitrogen and oxygen atoms in total. The summed E-state index contributed by atoms with van der Waals surface area (Å²) >= 11 is 0. The smallest absolute Gasteiger partial charge is 0.153 e. The van der Waals surface area contributed by atoms with Gasteiger partial charge in [-0.05, 0) is 43.1 Å². The quantitative estimate of drug-likeness (QED) is 0.703. The highest BCUT2D eigenvalue weighted by atomic mass is 35.5. The number of halogens is 3. The lowest BCUT2D eigenvalue weighted by Gasteiger charge is -2.21. The van der Waals surface area contributed by atoms with Crippen LogP contribution in [0.15, 0.2) is 53.5 Å². The van der Waals surface area contributed by atoms with Crippen LogP contribution >= 0.6 is 24.8 Å². The summed E-state index contributed by atoms with van der Waals surface area (Å²) in [6.07, 6.45) is -0.691. The Morgan fingerprint density at radius 1 is 1.19 bits per heavy atom. The number of nitrogens with one attached hydrogen (secondary N) is 1. The van der Waals surface area contributed by atoms with E-state index in [9.17, 15) is 4.39 Å². The molecule has 3 N–H and O–H groups in total. The lowest BCUT2D eigenvalue weighted by molar-refractivity contribution is 0.281. The fourth-order valence-electron chi connectivity index (χ4n) is 2.63. The van der Waals surface area contributed by atoms with Crippen molar-refractivity contribution in [2.75, 3.05) is 6.54 Å². The summed E-state index contributed by atoms with van der Waals surface area (Å²) in [4.78, 5) is 4.37. The molecule has 0 bridgehead atoms. The normalized spacial score (nSPS) is 16.2. The molecule has 1 aliphatic heterocycles. The third-order valence-electron chi connectivity index (χ3n) is 4.06. The summed E-state index contributed by atoms with van der Waals surface area (Å²) in [6.45, 7) is 3.13. The second-order valence-electron chi connectivity index (χ2n) is 5.94. The Labute approximate surface area is 165 Å². The molecule has 1 aliphatic rings. The summed E-state index contributed by atoms with van der Waals surface area (Å²) in [5, 5.41) is 3.27. The largest absolute Gasteiger partial charge is 0.481 e. The van der Waals surface area contributed by atoms with E-state index >= 15 is 0 Å². The first kappa shape index (κ1) is 22.2. The van der Waals surface area contributed by atoms with Crippen molar-refractivity contribution in [1.29, 1.82) is 0 Å². The van der Waals surface area contributed by atoms with E-state index in [-0.39, 0.29) is 30.9 Å². The average Bonchev–Trinajstić information content (AvgIpc) is 2.60. The van der Waals surface area contributed by atoms with Gasteiger partial charge in [-0.2, -0.15) is 0 Å². The zero-order valence-corrected chi connectivity index (χ0v) is 16.2. The molecule has 0 fully saturated rings. The molecule has 0 saturated heterocycles. The minimum Gasteiger partial charge on any atom is -0.481 e. The average molecular weight is 400 g/mol. The first-order valence-corrected chi connectivity index (χ1v) is 8.17. The maximum absolute atomic E-state index is 14.1. The van der Waals surface area contributed by atoms with Crippen LogP contribution in [0, 0.1) is 0 Å². The fraction of sp³-hybridized carbons (Fsp3) is 0.316. The van der Waals surface area contributed by atoms with Crippen LogP contribution in [0.25, 0.3) is 0 Å². The predicted octanol–water partition coefficient (Wildman–Crippen LogP) is 4.49. The van der Waals surface area contributed by atoms with E-state index in [1.165, 1.54) is 0 Å². The van der Waals surface area contributed by atoms with E-state index in [0.29, 0.717) is 25.3 Å². The van der Waals surface area contributed by atoms with Crippen LogP contribution in [-0.2, 0) is 6.54 Å². The summed E-state index contributed by atoms with van der Waals surface area (Å²) in [6, 6.07) is 15.1. The number of hydrogen-bond donors (Lipinski definition) is 2. The summed E-state index contributed by atoms with van der Waals surface area (Å²) in [5.74, 6) is 1.23. The van der Waals surface area contributed by atoms with Crippen LogP contribution in [0.1, 0.15) is 30.6 Å². The number of nitrogens with zero attached hydrogens (tertiary/aromatic N) is 1. The fourth-order valence-corrected chi connectivity index (χ4v) is 2.63. The lowest BCUT2D eigenvalue weighted by Crippen LogP contribution is -2.33. The van der Waals surface area contributed by atoms with E-state index in [2.05, 4.69) is 10.3 Å². The SMILES string of the molecule is C[C@H]1Oc2ccc(CNCCC(F)c3ccccc3)cc2N=C1N.Cl.Cl. The van der Waals surface area contributed by atoms with E-state index in [0.717, 1.165) is 22.6 Å². The Hall–Kier alpha value is -1.82. The van der Waals surface area contributed by atoms with Gasteiger partial charge in [0.15, 0.2) is 6.10 Å². The van der Waals surface area contributed by atoms with Gasteiger partial charge in [0.2, 0.25) is 0 Å². The monoisotopic (exact) mass is 399 g/mol. The zero-order chi connectivity index (χ0) is 16.9. The van der Waals surface area contributed by atoms with Crippen molar-refractivity contribution in [3.63, 3.8) is 0 Å². The molecule has 0 aliphatic carbocycles. The number of rotatable bonds is 6. The zero-order valence-electron chi connectivity index (χ0n) is 14.5. The van der Waals surface area contributed by atoms with Crippen molar-refractivity contribution in [2.24, 2.45) is 10.7 Å². The Bertz CT molecular complexity index is 728. The molecule has 0 radical (unpaired) electrons.